The first kappa shape index (κ1) is 10.9. The summed E-state index contributed by atoms with van der Waals surface area (Å²) in [5.74, 6) is 0.152. The molecule has 7 heteroatoms. The number of hydrogen-bond acceptors (Lipinski definition) is 6. The number of anilines is 1. The second-order valence-electron chi connectivity index (χ2n) is 3.28. The fourth-order valence-corrected chi connectivity index (χ4v) is 1.18. The minimum absolute atomic E-state index is 0.0681. The molecule has 0 aliphatic carbocycles. The van der Waals surface area contributed by atoms with Crippen molar-refractivity contribution < 1.29 is 14.4 Å². The Morgan fingerprint density at radius 1 is 1.47 bits per heavy atom. The van der Waals surface area contributed by atoms with Crippen LogP contribution in [0.5, 0.6) is 5.75 Å². The number of aromatic hydroxyl groups is 1. The van der Waals surface area contributed by atoms with Crippen LogP contribution in [0.4, 0.5) is 6.01 Å². The summed E-state index contributed by atoms with van der Waals surface area (Å²) in [4.78, 5) is 14.6. The van der Waals surface area contributed by atoms with Gasteiger partial charge in [0.2, 0.25) is 11.7 Å². The van der Waals surface area contributed by atoms with Crippen LogP contribution in [0, 0.1) is 0 Å². The Kier molecular flexibility index (Phi) is 2.91. The highest BCUT2D eigenvalue weighted by Crippen LogP contribution is 2.21. The second-order valence-corrected chi connectivity index (χ2v) is 3.28. The minimum atomic E-state index is -0.276. The van der Waals surface area contributed by atoms with Crippen molar-refractivity contribution in [2.75, 3.05) is 5.43 Å². The fraction of sp³-hybridized carbons (Fsp3) is 0.100. The van der Waals surface area contributed by atoms with Gasteiger partial charge in [0.25, 0.3) is 0 Å². The van der Waals surface area contributed by atoms with Gasteiger partial charge in [-0.1, -0.05) is 17.3 Å². The van der Waals surface area contributed by atoms with E-state index in [2.05, 4.69) is 21.0 Å². The second kappa shape index (κ2) is 4.52. The van der Waals surface area contributed by atoms with Crippen LogP contribution in [0.1, 0.15) is 6.92 Å². The number of hydrazine groups is 1. The smallest absolute Gasteiger partial charge is 0.340 e. The molecule has 0 bridgehead atoms. The molecule has 0 aliphatic rings. The lowest BCUT2D eigenvalue weighted by Gasteiger charge is -1.98. The first-order chi connectivity index (χ1) is 8.15. The summed E-state index contributed by atoms with van der Waals surface area (Å²) in [6, 6.07) is 6.51. The molecule has 88 valence electrons. The van der Waals surface area contributed by atoms with E-state index in [0.717, 1.165) is 0 Å². The Morgan fingerprint density at radius 3 is 3.00 bits per heavy atom. The molecule has 0 spiro atoms. The van der Waals surface area contributed by atoms with Gasteiger partial charge in [-0.25, -0.2) is 5.43 Å². The van der Waals surface area contributed by atoms with Gasteiger partial charge in [-0.05, 0) is 12.1 Å². The molecule has 17 heavy (non-hydrogen) atoms. The summed E-state index contributed by atoms with van der Waals surface area (Å²) in [6.07, 6.45) is 0. The van der Waals surface area contributed by atoms with E-state index in [9.17, 15) is 9.90 Å². The first-order valence-corrected chi connectivity index (χ1v) is 4.81. The Balaban J connectivity index is 2.15. The number of nitrogens with zero attached hydrogens (tertiary/aromatic N) is 2. The zero-order valence-corrected chi connectivity index (χ0v) is 8.97. The van der Waals surface area contributed by atoms with Crippen LogP contribution in [-0.2, 0) is 4.79 Å². The molecule has 3 N–H and O–H groups in total. The van der Waals surface area contributed by atoms with Gasteiger partial charge in [0.15, 0.2) is 0 Å². The van der Waals surface area contributed by atoms with Crippen molar-refractivity contribution in [1.29, 1.82) is 0 Å². The number of benzene rings is 1. The van der Waals surface area contributed by atoms with Crippen LogP contribution in [0.15, 0.2) is 28.8 Å². The molecule has 0 radical (unpaired) electrons. The molecular formula is C10H10N4O3. The SMILES string of the molecule is CC(=O)NNc1nc(-c2cccc(O)c2)no1. The molecule has 0 fully saturated rings. The van der Waals surface area contributed by atoms with Crippen molar-refractivity contribution >= 4 is 11.9 Å². The predicted octanol–water partition coefficient (Wildman–Crippen LogP) is 0.905. The number of phenolic OH excluding ortho intramolecular Hbond substituents is 1. The number of hydrogen-bond donors (Lipinski definition) is 3. The highest BCUT2D eigenvalue weighted by Gasteiger charge is 2.08. The third-order valence-electron chi connectivity index (χ3n) is 1.88. The molecule has 0 unspecified atom stereocenters. The summed E-state index contributed by atoms with van der Waals surface area (Å²) >= 11 is 0. The molecular weight excluding hydrogens is 224 g/mol. The Labute approximate surface area is 96.4 Å². The fourth-order valence-electron chi connectivity index (χ4n) is 1.18. The molecule has 0 saturated heterocycles. The number of phenols is 1. The third-order valence-corrected chi connectivity index (χ3v) is 1.88. The molecule has 1 aromatic heterocycles. The predicted molar refractivity (Wildman–Crippen MR) is 58.8 cm³/mol. The van der Waals surface area contributed by atoms with E-state index in [4.69, 9.17) is 4.52 Å². The summed E-state index contributed by atoms with van der Waals surface area (Å²) in [7, 11) is 0. The summed E-state index contributed by atoms with van der Waals surface area (Å²) in [5, 5.41) is 13.0. The number of nitrogens with one attached hydrogen (secondary N) is 2. The molecule has 7 nitrogen and oxygen atoms in total. The van der Waals surface area contributed by atoms with E-state index in [1.165, 1.54) is 13.0 Å². The van der Waals surface area contributed by atoms with Gasteiger partial charge < -0.3 is 9.63 Å². The normalized spacial score (nSPS) is 9.94. The topological polar surface area (TPSA) is 100 Å². The van der Waals surface area contributed by atoms with Crippen LogP contribution in [0.25, 0.3) is 11.4 Å². The molecule has 0 saturated carbocycles. The summed E-state index contributed by atoms with van der Waals surface area (Å²) in [6.45, 7) is 1.35. The van der Waals surface area contributed by atoms with Gasteiger partial charge >= 0.3 is 6.01 Å². The van der Waals surface area contributed by atoms with E-state index >= 15 is 0 Å². The van der Waals surface area contributed by atoms with Crippen molar-refractivity contribution in [3.8, 4) is 17.1 Å². The van der Waals surface area contributed by atoms with Gasteiger partial charge in [-0.3, -0.25) is 10.2 Å². The van der Waals surface area contributed by atoms with Gasteiger partial charge in [0, 0.05) is 12.5 Å². The van der Waals surface area contributed by atoms with Crippen LogP contribution in [0.2, 0.25) is 0 Å². The molecule has 2 rings (SSSR count). The molecule has 1 amide bonds. The van der Waals surface area contributed by atoms with Gasteiger partial charge in [0.05, 0.1) is 0 Å². The molecule has 1 aromatic carbocycles. The van der Waals surface area contributed by atoms with Crippen molar-refractivity contribution in [3.05, 3.63) is 24.3 Å². The first-order valence-electron chi connectivity index (χ1n) is 4.81. The Morgan fingerprint density at radius 2 is 2.29 bits per heavy atom. The van der Waals surface area contributed by atoms with Crippen LogP contribution in [0.3, 0.4) is 0 Å². The van der Waals surface area contributed by atoms with Crippen LogP contribution >= 0.6 is 0 Å². The number of amides is 1. The number of aromatic nitrogens is 2. The highest BCUT2D eigenvalue weighted by atomic mass is 16.5. The average Bonchev–Trinajstić information content (AvgIpc) is 2.75. The quantitative estimate of drug-likeness (QED) is 0.682. The third kappa shape index (κ3) is 2.71. The van der Waals surface area contributed by atoms with Crippen LogP contribution in [-0.4, -0.2) is 21.2 Å². The summed E-state index contributed by atoms with van der Waals surface area (Å²) < 4.78 is 4.84. The number of rotatable bonds is 3. The lowest BCUT2D eigenvalue weighted by atomic mass is 10.2. The molecule has 2 aromatic rings. The van der Waals surface area contributed by atoms with E-state index in [1.54, 1.807) is 18.2 Å². The largest absolute Gasteiger partial charge is 0.508 e. The van der Waals surface area contributed by atoms with Gasteiger partial charge in [-0.15, -0.1) is 0 Å². The Bertz CT molecular complexity index is 538. The van der Waals surface area contributed by atoms with E-state index < -0.39 is 0 Å². The van der Waals surface area contributed by atoms with E-state index in [0.29, 0.717) is 11.4 Å². The minimum Gasteiger partial charge on any atom is -0.508 e. The number of carbonyl (C=O) groups excluding carboxylic acids is 1. The maximum atomic E-state index is 10.6. The average molecular weight is 234 g/mol. The van der Waals surface area contributed by atoms with Gasteiger partial charge in [-0.2, -0.15) is 4.98 Å². The molecule has 0 atom stereocenters. The monoisotopic (exact) mass is 234 g/mol. The maximum absolute atomic E-state index is 10.6. The lowest BCUT2D eigenvalue weighted by molar-refractivity contribution is -0.118. The number of carbonyl (C=O) groups is 1. The van der Waals surface area contributed by atoms with Crippen molar-refractivity contribution in [1.82, 2.24) is 15.6 Å². The summed E-state index contributed by atoms with van der Waals surface area (Å²) in [5.41, 5.74) is 5.37. The van der Waals surface area contributed by atoms with Gasteiger partial charge in [0.1, 0.15) is 5.75 Å². The van der Waals surface area contributed by atoms with E-state index in [-0.39, 0.29) is 17.7 Å². The van der Waals surface area contributed by atoms with Crippen molar-refractivity contribution in [2.45, 2.75) is 6.92 Å². The lowest BCUT2D eigenvalue weighted by Crippen LogP contribution is -2.26. The highest BCUT2D eigenvalue weighted by molar-refractivity contribution is 5.73. The zero-order chi connectivity index (χ0) is 12.3. The molecule has 1 heterocycles. The maximum Gasteiger partial charge on any atom is 0.340 e. The van der Waals surface area contributed by atoms with E-state index in [1.807, 2.05) is 0 Å². The van der Waals surface area contributed by atoms with Crippen molar-refractivity contribution in [2.24, 2.45) is 0 Å². The Hall–Kier alpha value is -2.57. The zero-order valence-electron chi connectivity index (χ0n) is 8.97. The van der Waals surface area contributed by atoms with Crippen LogP contribution < -0.4 is 10.9 Å². The van der Waals surface area contributed by atoms with Crippen molar-refractivity contribution in [3.63, 3.8) is 0 Å². The standard InChI is InChI=1S/C10H10N4O3/c1-6(15)12-13-10-11-9(14-17-10)7-3-2-4-8(16)5-7/h2-5,16H,1H3,(H,12,15)(H,11,13,14). The molecule has 0 aliphatic heterocycles.